The van der Waals surface area contributed by atoms with E-state index in [4.69, 9.17) is 32.8 Å². The van der Waals surface area contributed by atoms with Crippen LogP contribution in [-0.4, -0.2) is 118 Å². The van der Waals surface area contributed by atoms with Crippen LogP contribution in [0, 0.1) is 0 Å². The first kappa shape index (κ1) is 31.9. The quantitative estimate of drug-likeness (QED) is 0.163. The largest absolute Gasteiger partial charge is 0.504 e. The first-order valence-corrected chi connectivity index (χ1v) is 13.6. The number of phenolic OH excluding ortho intramolecular Hbond substituents is 1. The highest BCUT2D eigenvalue weighted by atomic mass is 16.7. The second-order valence-electron chi connectivity index (χ2n) is 10.5. The van der Waals surface area contributed by atoms with Gasteiger partial charge in [-0.15, -0.1) is 0 Å². The smallest absolute Gasteiger partial charge is 0.229 e. The van der Waals surface area contributed by atoms with Gasteiger partial charge < -0.3 is 68.6 Å². The average molecular weight is 623 g/mol. The van der Waals surface area contributed by atoms with Crippen molar-refractivity contribution in [1.29, 1.82) is 0 Å². The lowest BCUT2D eigenvalue weighted by Crippen LogP contribution is -2.61. The molecule has 0 saturated carbocycles. The van der Waals surface area contributed by atoms with Crippen LogP contribution in [0.4, 0.5) is 0 Å². The van der Waals surface area contributed by atoms with Gasteiger partial charge >= 0.3 is 0 Å². The molecule has 0 bridgehead atoms. The summed E-state index contributed by atoms with van der Waals surface area (Å²) in [6.45, 7) is 0.947. The molecule has 2 fully saturated rings. The minimum atomic E-state index is -1.81. The Morgan fingerprint density at radius 1 is 0.795 bits per heavy atom. The molecule has 0 radical (unpaired) electrons. The Morgan fingerprint density at radius 2 is 1.45 bits per heavy atom. The van der Waals surface area contributed by atoms with E-state index in [1.54, 1.807) is 24.3 Å². The van der Waals surface area contributed by atoms with Crippen LogP contribution in [0.5, 0.6) is 23.0 Å². The van der Waals surface area contributed by atoms with Crippen molar-refractivity contribution in [1.82, 2.24) is 0 Å². The summed E-state index contributed by atoms with van der Waals surface area (Å²) in [5.41, 5.74) is -0.138. The minimum Gasteiger partial charge on any atom is -0.504 e. The maximum absolute atomic E-state index is 13.0. The van der Waals surface area contributed by atoms with Crippen molar-refractivity contribution in [2.24, 2.45) is 0 Å². The number of benzene rings is 2. The lowest BCUT2D eigenvalue weighted by atomic mass is 9.98. The summed E-state index contributed by atoms with van der Waals surface area (Å²) < 4.78 is 38.7. The number of rotatable bonds is 8. The van der Waals surface area contributed by atoms with E-state index in [1.165, 1.54) is 33.3 Å². The van der Waals surface area contributed by atoms with E-state index in [-0.39, 0.29) is 28.2 Å². The molecule has 10 atom stereocenters. The summed E-state index contributed by atoms with van der Waals surface area (Å²) in [5.74, 6) is -0.391. The Bertz CT molecular complexity index is 1510. The molecule has 2 aliphatic heterocycles. The van der Waals surface area contributed by atoms with Crippen LogP contribution in [0.3, 0.4) is 0 Å². The molecule has 0 unspecified atom stereocenters. The second kappa shape index (κ2) is 12.8. The van der Waals surface area contributed by atoms with E-state index in [1.807, 2.05) is 0 Å². The molecule has 240 valence electrons. The summed E-state index contributed by atoms with van der Waals surface area (Å²) in [7, 11) is 2.72. The number of aliphatic hydroxyl groups is 6. The van der Waals surface area contributed by atoms with Gasteiger partial charge in [-0.3, -0.25) is 4.79 Å². The molecular weight excluding hydrogens is 588 g/mol. The molecule has 2 aliphatic rings. The van der Waals surface area contributed by atoms with Crippen LogP contribution in [-0.2, 0) is 14.2 Å². The first-order chi connectivity index (χ1) is 20.9. The van der Waals surface area contributed by atoms with Gasteiger partial charge in [-0.05, 0) is 31.2 Å². The fourth-order valence-electron chi connectivity index (χ4n) is 5.06. The van der Waals surface area contributed by atoms with Crippen molar-refractivity contribution in [2.45, 2.75) is 68.3 Å². The highest BCUT2D eigenvalue weighted by molar-refractivity contribution is 5.89. The fraction of sp³-hybridized carbons (Fsp3) is 0.483. The van der Waals surface area contributed by atoms with Gasteiger partial charge in [0, 0.05) is 17.7 Å². The summed E-state index contributed by atoms with van der Waals surface area (Å²) in [6.07, 6.45) is -15.2. The Balaban J connectivity index is 1.41. The van der Waals surface area contributed by atoms with Gasteiger partial charge in [-0.1, -0.05) is 0 Å². The Kier molecular flexibility index (Phi) is 9.31. The molecule has 7 N–H and O–H groups in total. The summed E-state index contributed by atoms with van der Waals surface area (Å²) in [4.78, 5) is 13.0. The highest BCUT2D eigenvalue weighted by Gasteiger charge is 2.47. The number of phenols is 1. The van der Waals surface area contributed by atoms with Gasteiger partial charge in [0.2, 0.25) is 12.0 Å². The lowest BCUT2D eigenvalue weighted by molar-refractivity contribution is -0.318. The van der Waals surface area contributed by atoms with E-state index < -0.39 is 79.2 Å². The molecule has 3 aromatic rings. The van der Waals surface area contributed by atoms with Gasteiger partial charge in [0.25, 0.3) is 0 Å². The van der Waals surface area contributed by atoms with Gasteiger partial charge in [0.1, 0.15) is 65.2 Å². The molecule has 2 aromatic carbocycles. The van der Waals surface area contributed by atoms with Crippen LogP contribution in [0.2, 0.25) is 0 Å². The molecular formula is C29H34O15. The Hall–Kier alpha value is -3.51. The van der Waals surface area contributed by atoms with Crippen LogP contribution in [0.15, 0.2) is 45.6 Å². The second-order valence-corrected chi connectivity index (χ2v) is 10.5. The van der Waals surface area contributed by atoms with Crippen LogP contribution >= 0.6 is 0 Å². The standard InChI is InChI=1S/C29H34O15/c1-11-20(31)23(34)25(36)28(41-11)40-10-18-21(32)24(35)26(37)29(44-18)43-17-9-16-19(22(33)27(17)39-3)14(30)8-15(42-16)12-4-6-13(38-2)7-5-12/h4-9,11,18,20-21,23-26,28-29,31-37H,10H2,1-3H3/t11-,18+,20+,21+,23-,24-,25-,26-,28+,29+/m1/s1. The predicted octanol–water partition coefficient (Wildman–Crippen LogP) is -0.787. The van der Waals surface area contributed by atoms with E-state index >= 15 is 0 Å². The third-order valence-electron chi connectivity index (χ3n) is 7.64. The van der Waals surface area contributed by atoms with Gasteiger partial charge in [0.05, 0.1) is 26.9 Å². The maximum Gasteiger partial charge on any atom is 0.229 e. The van der Waals surface area contributed by atoms with Crippen molar-refractivity contribution < 1.29 is 68.6 Å². The number of fused-ring (bicyclic) bond motifs is 1. The third kappa shape index (κ3) is 5.93. The van der Waals surface area contributed by atoms with Crippen molar-refractivity contribution >= 4 is 11.0 Å². The number of aromatic hydroxyl groups is 1. The van der Waals surface area contributed by atoms with Gasteiger partial charge in [0.15, 0.2) is 23.2 Å². The zero-order valence-corrected chi connectivity index (χ0v) is 23.8. The van der Waals surface area contributed by atoms with Crippen LogP contribution in [0.1, 0.15) is 6.92 Å². The van der Waals surface area contributed by atoms with Crippen molar-refractivity contribution in [2.75, 3.05) is 20.8 Å². The molecule has 0 amide bonds. The molecule has 3 heterocycles. The molecule has 44 heavy (non-hydrogen) atoms. The number of hydrogen-bond acceptors (Lipinski definition) is 15. The average Bonchev–Trinajstić information content (AvgIpc) is 3.01. The van der Waals surface area contributed by atoms with E-state index in [0.29, 0.717) is 11.3 Å². The molecule has 15 nitrogen and oxygen atoms in total. The SMILES string of the molecule is COc1ccc(-c2cc(=O)c3c(O)c(OC)c(O[C@H]4O[C@@H](CO[C@H]5O[C@H](C)[C@H](O)[C@@H](O)[C@H]5O)[C@H](O)[C@@H](O)[C@H]4O)cc3o2)cc1. The molecule has 0 aliphatic carbocycles. The first-order valence-electron chi connectivity index (χ1n) is 13.6. The number of ether oxygens (including phenoxy) is 6. The minimum absolute atomic E-state index is 0.0966. The van der Waals surface area contributed by atoms with Gasteiger partial charge in [-0.2, -0.15) is 0 Å². The number of aliphatic hydroxyl groups excluding tert-OH is 6. The Labute approximate surface area is 249 Å². The fourth-order valence-corrected chi connectivity index (χ4v) is 5.06. The molecule has 15 heteroatoms. The summed E-state index contributed by atoms with van der Waals surface area (Å²) in [5, 5.41) is 72.6. The monoisotopic (exact) mass is 622 g/mol. The topological polar surface area (TPSA) is 227 Å². The predicted molar refractivity (Wildman–Crippen MR) is 148 cm³/mol. The summed E-state index contributed by atoms with van der Waals surface area (Å²) >= 11 is 0. The third-order valence-corrected chi connectivity index (χ3v) is 7.64. The molecule has 0 spiro atoms. The van der Waals surface area contributed by atoms with Gasteiger partial charge in [-0.25, -0.2) is 0 Å². The maximum atomic E-state index is 13.0. The lowest BCUT2D eigenvalue weighted by Gasteiger charge is -2.42. The van der Waals surface area contributed by atoms with E-state index in [0.717, 1.165) is 0 Å². The van der Waals surface area contributed by atoms with Crippen LogP contribution < -0.4 is 19.6 Å². The van der Waals surface area contributed by atoms with E-state index in [9.17, 15) is 40.5 Å². The zero-order valence-electron chi connectivity index (χ0n) is 23.8. The van der Waals surface area contributed by atoms with Crippen molar-refractivity contribution in [3.05, 3.63) is 46.6 Å². The number of hydrogen-bond donors (Lipinski definition) is 7. The highest BCUT2D eigenvalue weighted by Crippen LogP contribution is 2.43. The Morgan fingerprint density at radius 3 is 2.11 bits per heavy atom. The van der Waals surface area contributed by atoms with E-state index in [2.05, 4.69) is 0 Å². The van der Waals surface area contributed by atoms with Crippen molar-refractivity contribution in [3.8, 4) is 34.3 Å². The summed E-state index contributed by atoms with van der Waals surface area (Å²) in [6, 6.07) is 9.13. The molecule has 2 saturated heterocycles. The molecule has 5 rings (SSSR count). The van der Waals surface area contributed by atoms with Crippen molar-refractivity contribution in [3.63, 3.8) is 0 Å². The normalized spacial score (nSPS) is 32.4. The number of methoxy groups -OCH3 is 2. The van der Waals surface area contributed by atoms with Crippen LogP contribution in [0.25, 0.3) is 22.3 Å². The zero-order chi connectivity index (χ0) is 31.9. The molecule has 1 aromatic heterocycles.